The minimum atomic E-state index is -0.0155. The Kier molecular flexibility index (Phi) is 5.24. The van der Waals surface area contributed by atoms with Crippen molar-refractivity contribution < 1.29 is 4.79 Å². The lowest BCUT2D eigenvalue weighted by atomic mass is 10.3. The summed E-state index contributed by atoms with van der Waals surface area (Å²) in [6, 6.07) is 10.1. The van der Waals surface area contributed by atoms with Gasteiger partial charge >= 0.3 is 0 Å². The van der Waals surface area contributed by atoms with Crippen LogP contribution in [0.1, 0.15) is 5.69 Å². The second-order valence-electron chi connectivity index (χ2n) is 5.60. The van der Waals surface area contributed by atoms with Gasteiger partial charge < -0.3 is 10.6 Å². The number of nitrogens with one attached hydrogen (secondary N) is 2. The van der Waals surface area contributed by atoms with Gasteiger partial charge in [0, 0.05) is 29.4 Å². The molecule has 0 bridgehead atoms. The Balaban J connectivity index is 1.23. The number of fused-ring (bicyclic) bond motifs is 1. The van der Waals surface area contributed by atoms with Crippen LogP contribution in [0.4, 0.5) is 5.13 Å². The maximum Gasteiger partial charge on any atom is 0.226 e. The number of nitrogens with zero attached hydrogens (tertiary/aromatic N) is 2. The van der Waals surface area contributed by atoms with Gasteiger partial charge in [-0.05, 0) is 23.6 Å². The molecule has 0 spiro atoms. The van der Waals surface area contributed by atoms with E-state index in [0.717, 1.165) is 31.6 Å². The van der Waals surface area contributed by atoms with E-state index in [1.54, 1.807) is 34.0 Å². The number of benzene rings is 1. The average Bonchev–Trinajstić information content (AvgIpc) is 3.37. The molecule has 0 fully saturated rings. The Bertz CT molecular complexity index is 973. The first-order valence-electron chi connectivity index (χ1n) is 8.11. The van der Waals surface area contributed by atoms with E-state index in [0.29, 0.717) is 19.5 Å². The van der Waals surface area contributed by atoms with Gasteiger partial charge in [0.25, 0.3) is 0 Å². The zero-order valence-corrected chi connectivity index (χ0v) is 16.2. The molecule has 0 atom stereocenters. The molecule has 0 aliphatic carbocycles. The van der Waals surface area contributed by atoms with Crippen LogP contribution < -0.4 is 10.6 Å². The van der Waals surface area contributed by atoms with E-state index in [9.17, 15) is 4.79 Å². The predicted octanol–water partition coefficient (Wildman–Crippen LogP) is 4.25. The van der Waals surface area contributed by atoms with E-state index in [1.165, 1.54) is 0 Å². The molecule has 0 aliphatic heterocycles. The molecule has 3 aromatic heterocycles. The highest BCUT2D eigenvalue weighted by Gasteiger charge is 2.09. The Labute approximate surface area is 162 Å². The van der Waals surface area contributed by atoms with Crippen LogP contribution in [0.2, 0.25) is 0 Å². The van der Waals surface area contributed by atoms with Gasteiger partial charge in [0.1, 0.15) is 5.01 Å². The topological polar surface area (TPSA) is 66.9 Å². The molecule has 0 unspecified atom stereocenters. The molecule has 0 aliphatic rings. The highest BCUT2D eigenvalue weighted by Crippen LogP contribution is 2.26. The maximum atomic E-state index is 12.1. The molecule has 0 saturated carbocycles. The number of anilines is 1. The SMILES string of the molecule is O=C(Cc1csc(-c2ccsc2)n1)NCCNc1nc2ccccc2s1. The molecule has 2 N–H and O–H groups in total. The smallest absolute Gasteiger partial charge is 0.226 e. The molecule has 5 nitrogen and oxygen atoms in total. The summed E-state index contributed by atoms with van der Waals surface area (Å²) in [6.45, 7) is 1.19. The zero-order valence-electron chi connectivity index (χ0n) is 13.8. The Morgan fingerprint density at radius 1 is 1.08 bits per heavy atom. The van der Waals surface area contributed by atoms with Crippen LogP contribution >= 0.6 is 34.0 Å². The number of para-hydroxylation sites is 1. The molecule has 0 radical (unpaired) electrons. The molecular weight excluding hydrogens is 384 g/mol. The van der Waals surface area contributed by atoms with Gasteiger partial charge in [-0.2, -0.15) is 11.3 Å². The summed E-state index contributed by atoms with van der Waals surface area (Å²) >= 11 is 4.84. The molecule has 4 aromatic rings. The second-order valence-corrected chi connectivity index (χ2v) is 8.27. The van der Waals surface area contributed by atoms with Gasteiger partial charge in [-0.25, -0.2) is 9.97 Å². The van der Waals surface area contributed by atoms with E-state index in [-0.39, 0.29) is 5.91 Å². The van der Waals surface area contributed by atoms with Gasteiger partial charge in [0.2, 0.25) is 5.91 Å². The summed E-state index contributed by atoms with van der Waals surface area (Å²) in [5.74, 6) is -0.0155. The first-order chi connectivity index (χ1) is 12.8. The van der Waals surface area contributed by atoms with Gasteiger partial charge in [-0.1, -0.05) is 23.5 Å². The number of carbonyl (C=O) groups excluding carboxylic acids is 1. The van der Waals surface area contributed by atoms with Crippen LogP contribution in [0.3, 0.4) is 0 Å². The molecule has 4 rings (SSSR count). The molecule has 8 heteroatoms. The van der Waals surface area contributed by atoms with Crippen molar-refractivity contribution >= 4 is 55.3 Å². The summed E-state index contributed by atoms with van der Waals surface area (Å²) < 4.78 is 1.16. The second kappa shape index (κ2) is 7.94. The highest BCUT2D eigenvalue weighted by molar-refractivity contribution is 7.22. The van der Waals surface area contributed by atoms with Crippen molar-refractivity contribution in [3.63, 3.8) is 0 Å². The molecule has 0 saturated heterocycles. The number of thiophene rings is 1. The van der Waals surface area contributed by atoms with E-state index in [1.807, 2.05) is 35.0 Å². The summed E-state index contributed by atoms with van der Waals surface area (Å²) in [7, 11) is 0. The quantitative estimate of drug-likeness (QED) is 0.455. The third kappa shape index (κ3) is 4.09. The number of hydrogen-bond donors (Lipinski definition) is 2. The van der Waals surface area contributed by atoms with Crippen molar-refractivity contribution in [2.75, 3.05) is 18.4 Å². The van der Waals surface area contributed by atoms with Crippen LogP contribution in [-0.2, 0) is 11.2 Å². The molecule has 132 valence electrons. The highest BCUT2D eigenvalue weighted by atomic mass is 32.1. The van der Waals surface area contributed by atoms with Crippen LogP contribution in [0.25, 0.3) is 20.8 Å². The number of carbonyl (C=O) groups is 1. The molecule has 1 amide bonds. The Hall–Kier alpha value is -2.29. The van der Waals surface area contributed by atoms with Gasteiger partial charge in [-0.3, -0.25) is 4.79 Å². The monoisotopic (exact) mass is 400 g/mol. The summed E-state index contributed by atoms with van der Waals surface area (Å²) in [6.07, 6.45) is 0.307. The Morgan fingerprint density at radius 2 is 2.00 bits per heavy atom. The van der Waals surface area contributed by atoms with E-state index < -0.39 is 0 Å². The van der Waals surface area contributed by atoms with Crippen LogP contribution in [0.5, 0.6) is 0 Å². The maximum absolute atomic E-state index is 12.1. The Morgan fingerprint density at radius 3 is 2.85 bits per heavy atom. The van der Waals surface area contributed by atoms with E-state index >= 15 is 0 Å². The number of aromatic nitrogens is 2. The van der Waals surface area contributed by atoms with Gasteiger partial charge in [0.15, 0.2) is 5.13 Å². The van der Waals surface area contributed by atoms with Gasteiger partial charge in [0.05, 0.1) is 22.3 Å². The number of thiazole rings is 2. The fourth-order valence-electron chi connectivity index (χ4n) is 2.45. The first kappa shape index (κ1) is 17.1. The summed E-state index contributed by atoms with van der Waals surface area (Å²) in [5, 5.41) is 14.1. The van der Waals surface area contributed by atoms with Crippen LogP contribution in [-0.4, -0.2) is 29.0 Å². The van der Waals surface area contributed by atoms with Crippen molar-refractivity contribution in [3.8, 4) is 10.6 Å². The third-order valence-corrected chi connectivity index (χ3v) is 6.30. The van der Waals surface area contributed by atoms with Crippen molar-refractivity contribution in [1.82, 2.24) is 15.3 Å². The normalized spacial score (nSPS) is 10.9. The standard InChI is InChI=1S/C18H16N4OS3/c23-16(9-13-11-25-17(21-13)12-5-8-24-10-12)19-6-7-20-18-22-14-3-1-2-4-15(14)26-18/h1-5,8,10-11H,6-7,9H2,(H,19,23)(H,20,22). The fraction of sp³-hybridized carbons (Fsp3) is 0.167. The van der Waals surface area contributed by atoms with Crippen molar-refractivity contribution in [1.29, 1.82) is 0 Å². The lowest BCUT2D eigenvalue weighted by molar-refractivity contribution is -0.120. The lowest BCUT2D eigenvalue weighted by Crippen LogP contribution is -2.30. The molecule has 1 aromatic carbocycles. The van der Waals surface area contributed by atoms with Crippen molar-refractivity contribution in [2.24, 2.45) is 0 Å². The number of hydrogen-bond acceptors (Lipinski definition) is 7. The third-order valence-electron chi connectivity index (χ3n) is 3.68. The fourth-order valence-corrected chi connectivity index (χ4v) is 4.88. The van der Waals surface area contributed by atoms with E-state index in [2.05, 4.69) is 32.0 Å². The van der Waals surface area contributed by atoms with Gasteiger partial charge in [-0.15, -0.1) is 11.3 Å². The molecular formula is C18H16N4OS3. The van der Waals surface area contributed by atoms with Crippen molar-refractivity contribution in [3.05, 3.63) is 52.2 Å². The first-order valence-corrected chi connectivity index (χ1v) is 10.7. The number of rotatable bonds is 7. The average molecular weight is 401 g/mol. The largest absolute Gasteiger partial charge is 0.360 e. The lowest BCUT2D eigenvalue weighted by Gasteiger charge is -2.04. The van der Waals surface area contributed by atoms with Crippen LogP contribution in [0, 0.1) is 0 Å². The van der Waals surface area contributed by atoms with Crippen molar-refractivity contribution in [2.45, 2.75) is 6.42 Å². The molecule has 3 heterocycles. The number of amides is 1. The van der Waals surface area contributed by atoms with E-state index in [4.69, 9.17) is 0 Å². The summed E-state index contributed by atoms with van der Waals surface area (Å²) in [4.78, 5) is 21.1. The van der Waals surface area contributed by atoms with Crippen LogP contribution in [0.15, 0.2) is 46.5 Å². The predicted molar refractivity (Wildman–Crippen MR) is 110 cm³/mol. The molecule has 26 heavy (non-hydrogen) atoms. The minimum absolute atomic E-state index is 0.0155. The zero-order chi connectivity index (χ0) is 17.8. The minimum Gasteiger partial charge on any atom is -0.360 e. The summed E-state index contributed by atoms with van der Waals surface area (Å²) in [5.41, 5.74) is 2.92.